The molecule has 0 bridgehead atoms. The number of rotatable bonds is 2. The monoisotopic (exact) mass is 328 g/mol. The van der Waals surface area contributed by atoms with Crippen molar-refractivity contribution in [2.24, 2.45) is 4.99 Å². The van der Waals surface area contributed by atoms with Gasteiger partial charge in [0.15, 0.2) is 0 Å². The Morgan fingerprint density at radius 2 is 2.00 bits per heavy atom. The summed E-state index contributed by atoms with van der Waals surface area (Å²) in [5.74, 6) is 0. The maximum absolute atomic E-state index is 12.4. The summed E-state index contributed by atoms with van der Waals surface area (Å²) < 4.78 is 37.2. The van der Waals surface area contributed by atoms with Crippen molar-refractivity contribution < 1.29 is 13.2 Å². The first kappa shape index (κ1) is 14.4. The quantitative estimate of drug-likeness (QED) is 0.723. The van der Waals surface area contributed by atoms with E-state index >= 15 is 0 Å². The third kappa shape index (κ3) is 3.22. The molecule has 1 aromatic heterocycles. The van der Waals surface area contributed by atoms with Crippen molar-refractivity contribution >= 4 is 34.8 Å². The van der Waals surface area contributed by atoms with Crippen LogP contribution in [0, 0.1) is 0 Å². The topological polar surface area (TPSA) is 25.2 Å². The number of thioether (sulfide) groups is 1. The highest BCUT2D eigenvalue weighted by atomic mass is 35.5. The van der Waals surface area contributed by atoms with Crippen molar-refractivity contribution in [3.05, 3.63) is 52.8 Å². The van der Waals surface area contributed by atoms with Crippen molar-refractivity contribution in [3.8, 4) is 0 Å². The number of halogens is 4. The molecule has 2 aromatic rings. The minimum atomic E-state index is -4.30. The highest BCUT2D eigenvalue weighted by Crippen LogP contribution is 2.40. The number of aliphatic imine (C=N–C) groups is 1. The Balaban J connectivity index is 1.92. The number of pyridine rings is 1. The molecule has 0 spiro atoms. The normalized spacial score (nSPS) is 14.0. The second kappa shape index (κ2) is 5.35. The van der Waals surface area contributed by atoms with Gasteiger partial charge in [0.2, 0.25) is 0 Å². The fourth-order valence-corrected chi connectivity index (χ4v) is 2.93. The third-order valence-corrected chi connectivity index (χ3v) is 4.01. The smallest absolute Gasteiger partial charge is 0.263 e. The van der Waals surface area contributed by atoms with Crippen LogP contribution in [0.2, 0.25) is 5.02 Å². The molecule has 2 heterocycles. The average Bonchev–Trinajstić information content (AvgIpc) is 2.80. The Labute approximate surface area is 128 Å². The summed E-state index contributed by atoms with van der Waals surface area (Å²) in [7, 11) is 0. The predicted molar refractivity (Wildman–Crippen MR) is 77.5 cm³/mol. The molecule has 1 aromatic carbocycles. The maximum Gasteiger partial charge on any atom is 0.446 e. The standard InChI is InChI=1S/C14H8ClF3N2S/c15-11-7-19-4-3-10(11)13-5-8-1-2-9(6-12(8)20-13)21-14(16,17)18/h1-4,6-7H,5H2. The maximum atomic E-state index is 12.4. The Morgan fingerprint density at radius 3 is 2.71 bits per heavy atom. The largest absolute Gasteiger partial charge is 0.446 e. The summed E-state index contributed by atoms with van der Waals surface area (Å²) in [5, 5.41) is 0.481. The number of benzene rings is 1. The molecule has 2 nitrogen and oxygen atoms in total. The van der Waals surface area contributed by atoms with Crippen molar-refractivity contribution in [1.82, 2.24) is 4.98 Å². The number of hydrogen-bond acceptors (Lipinski definition) is 3. The molecule has 0 fully saturated rings. The first-order valence-electron chi connectivity index (χ1n) is 5.98. The molecule has 0 saturated carbocycles. The second-order valence-electron chi connectivity index (χ2n) is 4.43. The van der Waals surface area contributed by atoms with Gasteiger partial charge in [-0.25, -0.2) is 0 Å². The van der Waals surface area contributed by atoms with Crippen LogP contribution >= 0.6 is 23.4 Å². The Morgan fingerprint density at radius 1 is 1.19 bits per heavy atom. The Kier molecular flexibility index (Phi) is 3.67. The highest BCUT2D eigenvalue weighted by molar-refractivity contribution is 8.00. The van der Waals surface area contributed by atoms with Crippen molar-refractivity contribution in [3.63, 3.8) is 0 Å². The van der Waals surface area contributed by atoms with Gasteiger partial charge >= 0.3 is 5.51 Å². The molecule has 0 unspecified atom stereocenters. The van der Waals surface area contributed by atoms with E-state index in [4.69, 9.17) is 11.6 Å². The van der Waals surface area contributed by atoms with E-state index in [-0.39, 0.29) is 16.7 Å². The molecule has 0 N–H and O–H groups in total. The lowest BCUT2D eigenvalue weighted by atomic mass is 10.1. The molecule has 0 saturated heterocycles. The van der Waals surface area contributed by atoms with Crippen molar-refractivity contribution in [1.29, 1.82) is 0 Å². The van der Waals surface area contributed by atoms with Crippen LogP contribution in [0.15, 0.2) is 46.5 Å². The SMILES string of the molecule is FC(F)(F)Sc1ccc2c(c1)N=C(c1ccncc1Cl)C2. The minimum Gasteiger partial charge on any atom is -0.263 e. The van der Waals surface area contributed by atoms with Gasteiger partial charge in [-0.2, -0.15) is 13.2 Å². The fraction of sp³-hybridized carbons (Fsp3) is 0.143. The van der Waals surface area contributed by atoms with Gasteiger partial charge in [-0.15, -0.1) is 0 Å². The van der Waals surface area contributed by atoms with E-state index in [1.807, 2.05) is 0 Å². The van der Waals surface area contributed by atoms with E-state index < -0.39 is 5.51 Å². The Hall–Kier alpha value is -1.53. The van der Waals surface area contributed by atoms with E-state index in [0.717, 1.165) is 16.8 Å². The van der Waals surface area contributed by atoms with Gasteiger partial charge in [-0.05, 0) is 35.5 Å². The molecule has 108 valence electrons. The van der Waals surface area contributed by atoms with Gasteiger partial charge < -0.3 is 0 Å². The molecular formula is C14H8ClF3N2S. The second-order valence-corrected chi connectivity index (χ2v) is 5.97. The van der Waals surface area contributed by atoms with E-state index in [2.05, 4.69) is 9.98 Å². The Bertz CT molecular complexity index is 728. The fourth-order valence-electron chi connectivity index (χ4n) is 2.12. The van der Waals surface area contributed by atoms with Crippen molar-refractivity contribution in [2.45, 2.75) is 16.8 Å². The summed E-state index contributed by atoms with van der Waals surface area (Å²) in [6.45, 7) is 0. The molecule has 0 aliphatic carbocycles. The molecule has 1 aliphatic rings. The minimum absolute atomic E-state index is 0.132. The van der Waals surface area contributed by atoms with Crippen LogP contribution in [0.1, 0.15) is 11.1 Å². The van der Waals surface area contributed by atoms with Gasteiger partial charge in [0.1, 0.15) is 0 Å². The van der Waals surface area contributed by atoms with Gasteiger partial charge in [0.25, 0.3) is 0 Å². The zero-order valence-electron chi connectivity index (χ0n) is 10.5. The predicted octanol–water partition coefficient (Wildman–Crippen LogP) is 5.02. The van der Waals surface area contributed by atoms with Crippen LogP contribution in [0.4, 0.5) is 18.9 Å². The number of aromatic nitrogens is 1. The lowest BCUT2D eigenvalue weighted by molar-refractivity contribution is -0.0328. The molecule has 0 atom stereocenters. The van der Waals surface area contributed by atoms with Crippen LogP contribution in [-0.4, -0.2) is 16.2 Å². The van der Waals surface area contributed by atoms with E-state index in [1.165, 1.54) is 18.3 Å². The zero-order valence-corrected chi connectivity index (χ0v) is 12.1. The number of hydrogen-bond donors (Lipinski definition) is 0. The first-order chi connectivity index (χ1) is 9.92. The zero-order chi connectivity index (χ0) is 15.0. The molecule has 7 heteroatoms. The molecule has 0 amide bonds. The lowest BCUT2D eigenvalue weighted by Gasteiger charge is -2.06. The molecule has 0 radical (unpaired) electrons. The summed E-state index contributed by atoms with van der Waals surface area (Å²) in [4.78, 5) is 8.43. The van der Waals surface area contributed by atoms with E-state index in [1.54, 1.807) is 18.3 Å². The van der Waals surface area contributed by atoms with Gasteiger partial charge in [-0.1, -0.05) is 17.7 Å². The number of nitrogens with zero attached hydrogens (tertiary/aromatic N) is 2. The summed E-state index contributed by atoms with van der Waals surface area (Å²) in [5.41, 5.74) is -1.34. The third-order valence-electron chi connectivity index (χ3n) is 2.99. The van der Waals surface area contributed by atoms with Crippen LogP contribution in [0.3, 0.4) is 0 Å². The number of alkyl halides is 3. The molecule has 3 rings (SSSR count). The molecule has 1 aliphatic heterocycles. The van der Waals surface area contributed by atoms with Gasteiger partial charge in [0.05, 0.1) is 16.4 Å². The van der Waals surface area contributed by atoms with Crippen LogP contribution < -0.4 is 0 Å². The summed E-state index contributed by atoms with van der Waals surface area (Å²) in [6.07, 6.45) is 3.68. The van der Waals surface area contributed by atoms with Crippen LogP contribution in [-0.2, 0) is 6.42 Å². The van der Waals surface area contributed by atoms with Crippen molar-refractivity contribution in [2.75, 3.05) is 0 Å². The van der Waals surface area contributed by atoms with Crippen LogP contribution in [0.25, 0.3) is 0 Å². The lowest BCUT2D eigenvalue weighted by Crippen LogP contribution is -2.01. The molecule has 21 heavy (non-hydrogen) atoms. The number of fused-ring (bicyclic) bond motifs is 1. The summed E-state index contributed by atoms with van der Waals surface area (Å²) >= 11 is 5.93. The molecular weight excluding hydrogens is 321 g/mol. The summed E-state index contributed by atoms with van der Waals surface area (Å²) in [6, 6.07) is 6.34. The average molecular weight is 329 g/mol. The van der Waals surface area contributed by atoms with E-state index in [0.29, 0.717) is 17.1 Å². The van der Waals surface area contributed by atoms with E-state index in [9.17, 15) is 13.2 Å². The van der Waals surface area contributed by atoms with Crippen LogP contribution in [0.5, 0.6) is 0 Å². The van der Waals surface area contributed by atoms with Gasteiger partial charge in [-0.3, -0.25) is 9.98 Å². The van der Waals surface area contributed by atoms with Gasteiger partial charge in [0, 0.05) is 29.3 Å². The first-order valence-corrected chi connectivity index (χ1v) is 7.18. The highest BCUT2D eigenvalue weighted by Gasteiger charge is 2.30.